The topological polar surface area (TPSA) is 72.0 Å². The average molecular weight is 452 g/mol. The Balaban J connectivity index is 1.57. The van der Waals surface area contributed by atoms with E-state index in [2.05, 4.69) is 11.1 Å². The summed E-state index contributed by atoms with van der Waals surface area (Å²) in [7, 11) is 0. The summed E-state index contributed by atoms with van der Waals surface area (Å²) >= 11 is 0. The van der Waals surface area contributed by atoms with Gasteiger partial charge in [0.1, 0.15) is 12.4 Å². The van der Waals surface area contributed by atoms with Crippen LogP contribution in [0.5, 0.6) is 5.75 Å². The van der Waals surface area contributed by atoms with Crippen molar-refractivity contribution in [2.24, 2.45) is 0 Å². The van der Waals surface area contributed by atoms with Gasteiger partial charge in [0, 0.05) is 25.5 Å². The molecule has 0 bridgehead atoms. The number of likely N-dealkylation sites (N-methyl/N-ethyl adjacent to an activating group) is 1. The Morgan fingerprint density at radius 3 is 2.82 bits per heavy atom. The molecule has 1 fully saturated rings. The SMILES string of the molecule is CCN1CCOc2ccccc2CCCCC2(CN(C(=O)c3cncc(C)c3)CCO2)C1=O. The molecule has 1 saturated heterocycles. The van der Waals surface area contributed by atoms with E-state index in [1.54, 1.807) is 22.2 Å². The summed E-state index contributed by atoms with van der Waals surface area (Å²) in [6, 6.07) is 9.95. The first-order valence-electron chi connectivity index (χ1n) is 11.9. The normalized spacial score (nSPS) is 22.2. The van der Waals surface area contributed by atoms with Crippen molar-refractivity contribution in [3.05, 3.63) is 59.4 Å². The van der Waals surface area contributed by atoms with Crippen LogP contribution in [0.15, 0.2) is 42.7 Å². The predicted octanol–water partition coefficient (Wildman–Crippen LogP) is 3.26. The molecular formula is C26H33N3O4. The van der Waals surface area contributed by atoms with Crippen LogP contribution in [-0.4, -0.2) is 71.6 Å². The van der Waals surface area contributed by atoms with Crippen molar-refractivity contribution in [3.63, 3.8) is 0 Å². The second-order valence-electron chi connectivity index (χ2n) is 8.87. The van der Waals surface area contributed by atoms with Crippen LogP contribution in [0.4, 0.5) is 0 Å². The number of hydrogen-bond donors (Lipinski definition) is 0. The molecule has 1 aromatic heterocycles. The lowest BCUT2D eigenvalue weighted by Crippen LogP contribution is -2.62. The van der Waals surface area contributed by atoms with Crippen molar-refractivity contribution >= 4 is 11.8 Å². The molecule has 2 aliphatic heterocycles. The summed E-state index contributed by atoms with van der Waals surface area (Å²) in [5.74, 6) is 0.740. The van der Waals surface area contributed by atoms with E-state index in [4.69, 9.17) is 9.47 Å². The largest absolute Gasteiger partial charge is 0.491 e. The molecule has 0 N–H and O–H groups in total. The van der Waals surface area contributed by atoms with Crippen molar-refractivity contribution in [2.45, 2.75) is 45.1 Å². The highest BCUT2D eigenvalue weighted by molar-refractivity contribution is 5.95. The number of rotatable bonds is 2. The quantitative estimate of drug-likeness (QED) is 0.701. The fourth-order valence-electron chi connectivity index (χ4n) is 4.73. The van der Waals surface area contributed by atoms with E-state index >= 15 is 0 Å². The molecule has 7 heteroatoms. The Kier molecular flexibility index (Phi) is 7.28. The van der Waals surface area contributed by atoms with Gasteiger partial charge in [-0.1, -0.05) is 18.2 Å². The molecule has 1 unspecified atom stereocenters. The van der Waals surface area contributed by atoms with Crippen LogP contribution < -0.4 is 4.74 Å². The van der Waals surface area contributed by atoms with Gasteiger partial charge in [-0.25, -0.2) is 0 Å². The lowest BCUT2D eigenvalue weighted by Gasteiger charge is -2.44. The minimum Gasteiger partial charge on any atom is -0.491 e. The Bertz CT molecular complexity index is 995. The zero-order valence-corrected chi connectivity index (χ0v) is 19.6. The molecule has 3 heterocycles. The summed E-state index contributed by atoms with van der Waals surface area (Å²) in [5.41, 5.74) is 1.64. The molecule has 2 aliphatic rings. The smallest absolute Gasteiger partial charge is 0.256 e. The number of ether oxygens (including phenoxy) is 2. The standard InChI is InChI=1S/C26H33N3O4/c1-3-28-12-14-32-23-10-5-4-8-21(23)9-6-7-11-26(25(28)31)19-29(13-15-33-26)24(30)22-16-20(2)17-27-18-22/h4-5,8,10,16-18H,3,6-7,9,11-15,19H2,1-2H3. The maximum atomic E-state index is 13.8. The van der Waals surface area contributed by atoms with Gasteiger partial charge in [-0.2, -0.15) is 0 Å². The summed E-state index contributed by atoms with van der Waals surface area (Å²) in [6.45, 7) is 6.40. The molecule has 2 aromatic rings. The highest BCUT2D eigenvalue weighted by Gasteiger charge is 2.46. The van der Waals surface area contributed by atoms with Gasteiger partial charge in [-0.05, 0) is 62.8 Å². The van der Waals surface area contributed by atoms with Crippen LogP contribution in [0.1, 0.15) is 47.7 Å². The molecule has 176 valence electrons. The lowest BCUT2D eigenvalue weighted by atomic mass is 9.90. The Labute approximate surface area is 195 Å². The molecule has 0 saturated carbocycles. The van der Waals surface area contributed by atoms with Crippen LogP contribution in [0.25, 0.3) is 0 Å². The second-order valence-corrected chi connectivity index (χ2v) is 8.87. The third-order valence-corrected chi connectivity index (χ3v) is 6.52. The maximum Gasteiger partial charge on any atom is 0.256 e. The van der Waals surface area contributed by atoms with Gasteiger partial charge in [-0.15, -0.1) is 0 Å². The maximum absolute atomic E-state index is 13.8. The Morgan fingerprint density at radius 2 is 2.00 bits per heavy atom. The molecule has 1 spiro atoms. The fraction of sp³-hybridized carbons (Fsp3) is 0.500. The van der Waals surface area contributed by atoms with E-state index in [0.717, 1.165) is 30.6 Å². The molecule has 7 nitrogen and oxygen atoms in total. The number of benzene rings is 1. The number of carbonyl (C=O) groups is 2. The second kappa shape index (κ2) is 10.3. The lowest BCUT2D eigenvalue weighted by molar-refractivity contribution is -0.170. The van der Waals surface area contributed by atoms with Crippen molar-refractivity contribution in [1.82, 2.24) is 14.8 Å². The van der Waals surface area contributed by atoms with Crippen molar-refractivity contribution in [3.8, 4) is 5.75 Å². The highest BCUT2D eigenvalue weighted by Crippen LogP contribution is 2.30. The van der Waals surface area contributed by atoms with Crippen LogP contribution in [0.2, 0.25) is 0 Å². The molecule has 1 aromatic carbocycles. The number of hydrogen-bond acceptors (Lipinski definition) is 5. The van der Waals surface area contributed by atoms with Crippen LogP contribution >= 0.6 is 0 Å². The first-order chi connectivity index (χ1) is 16.0. The van der Waals surface area contributed by atoms with E-state index < -0.39 is 5.60 Å². The van der Waals surface area contributed by atoms with Gasteiger partial charge < -0.3 is 19.3 Å². The molecule has 0 aliphatic carbocycles. The van der Waals surface area contributed by atoms with E-state index in [1.807, 2.05) is 38.1 Å². The van der Waals surface area contributed by atoms with E-state index in [9.17, 15) is 9.59 Å². The van der Waals surface area contributed by atoms with Crippen LogP contribution in [0, 0.1) is 6.92 Å². The first kappa shape index (κ1) is 23.2. The third kappa shape index (κ3) is 5.19. The Morgan fingerprint density at radius 1 is 1.15 bits per heavy atom. The van der Waals surface area contributed by atoms with Crippen molar-refractivity contribution < 1.29 is 19.1 Å². The fourth-order valence-corrected chi connectivity index (χ4v) is 4.73. The summed E-state index contributed by atoms with van der Waals surface area (Å²) < 4.78 is 12.3. The summed E-state index contributed by atoms with van der Waals surface area (Å²) in [6.07, 6.45) is 6.53. The average Bonchev–Trinajstić information content (AvgIpc) is 2.84. The molecular weight excluding hydrogens is 418 g/mol. The predicted molar refractivity (Wildman–Crippen MR) is 125 cm³/mol. The minimum absolute atomic E-state index is 0.0534. The van der Waals surface area contributed by atoms with Gasteiger partial charge in [0.15, 0.2) is 5.60 Å². The zero-order chi connectivity index (χ0) is 23.3. The minimum atomic E-state index is -1.03. The number of fused-ring (bicyclic) bond motifs is 1. The zero-order valence-electron chi connectivity index (χ0n) is 19.6. The highest BCUT2D eigenvalue weighted by atomic mass is 16.5. The third-order valence-electron chi connectivity index (χ3n) is 6.52. The summed E-state index contributed by atoms with van der Waals surface area (Å²) in [4.78, 5) is 34.7. The molecule has 1 atom stereocenters. The first-order valence-corrected chi connectivity index (χ1v) is 11.9. The van der Waals surface area contributed by atoms with Crippen LogP contribution in [-0.2, 0) is 16.0 Å². The number of morpholine rings is 1. The van der Waals surface area contributed by atoms with E-state index in [0.29, 0.717) is 44.8 Å². The summed E-state index contributed by atoms with van der Waals surface area (Å²) in [5, 5.41) is 0. The van der Waals surface area contributed by atoms with Gasteiger partial charge >= 0.3 is 0 Å². The molecule has 4 rings (SSSR count). The Hall–Kier alpha value is -2.93. The van der Waals surface area contributed by atoms with Crippen LogP contribution in [0.3, 0.4) is 0 Å². The number of nitrogens with zero attached hydrogens (tertiary/aromatic N) is 3. The number of para-hydroxylation sites is 1. The molecule has 33 heavy (non-hydrogen) atoms. The van der Waals surface area contributed by atoms with Gasteiger partial charge in [0.05, 0.1) is 25.3 Å². The van der Waals surface area contributed by atoms with Crippen molar-refractivity contribution in [1.29, 1.82) is 0 Å². The number of carbonyl (C=O) groups excluding carboxylic acids is 2. The number of pyridine rings is 1. The van der Waals surface area contributed by atoms with E-state index in [1.165, 1.54) is 5.56 Å². The molecule has 2 amide bonds. The number of amides is 2. The number of aromatic nitrogens is 1. The van der Waals surface area contributed by atoms with Gasteiger partial charge in [0.2, 0.25) is 0 Å². The number of aryl methyl sites for hydroxylation is 2. The molecule has 0 radical (unpaired) electrons. The van der Waals surface area contributed by atoms with Gasteiger partial charge in [-0.3, -0.25) is 14.6 Å². The van der Waals surface area contributed by atoms with E-state index in [-0.39, 0.29) is 18.4 Å². The van der Waals surface area contributed by atoms with Crippen molar-refractivity contribution in [2.75, 3.05) is 39.4 Å². The monoisotopic (exact) mass is 451 g/mol. The van der Waals surface area contributed by atoms with Gasteiger partial charge in [0.25, 0.3) is 11.8 Å².